The number of nitrogens with zero attached hydrogens (tertiary/aromatic N) is 6. The van der Waals surface area contributed by atoms with Gasteiger partial charge in [-0.1, -0.05) is 6.92 Å². The third-order valence-corrected chi connectivity index (χ3v) is 8.33. The molecule has 0 spiro atoms. The number of piperazine rings is 1. The highest BCUT2D eigenvalue weighted by Crippen LogP contribution is 2.42. The number of aromatic nitrogens is 4. The smallest absolute Gasteiger partial charge is 0.340 e. The molecular formula is C20H27F3N6O3S. The zero-order valence-corrected chi connectivity index (χ0v) is 19.5. The van der Waals surface area contributed by atoms with Crippen molar-refractivity contribution in [1.29, 1.82) is 0 Å². The largest absolute Gasteiger partial charge is 0.435 e. The first-order valence-electron chi connectivity index (χ1n) is 10.8. The van der Waals surface area contributed by atoms with Crippen LogP contribution in [-0.4, -0.2) is 69.3 Å². The Bertz CT molecular complexity index is 1140. The molecular weight excluding hydrogens is 461 g/mol. The third kappa shape index (κ3) is 4.65. The summed E-state index contributed by atoms with van der Waals surface area (Å²) in [5.74, 6) is -0.761. The molecule has 1 saturated carbocycles. The summed E-state index contributed by atoms with van der Waals surface area (Å²) in [6, 6.07) is 1.08. The van der Waals surface area contributed by atoms with Crippen LogP contribution in [0.2, 0.25) is 0 Å². The number of carbonyl (C=O) groups is 1. The fourth-order valence-electron chi connectivity index (χ4n) is 4.09. The molecule has 4 rings (SSSR count). The van der Waals surface area contributed by atoms with Gasteiger partial charge in [-0.15, -0.1) is 0 Å². The van der Waals surface area contributed by atoms with Gasteiger partial charge in [-0.3, -0.25) is 14.2 Å². The first-order chi connectivity index (χ1) is 15.4. The number of alkyl halides is 3. The molecule has 13 heteroatoms. The molecule has 0 bridgehead atoms. The van der Waals surface area contributed by atoms with E-state index in [1.54, 1.807) is 25.8 Å². The molecule has 1 unspecified atom stereocenters. The van der Waals surface area contributed by atoms with Crippen molar-refractivity contribution >= 4 is 15.9 Å². The van der Waals surface area contributed by atoms with Gasteiger partial charge >= 0.3 is 6.18 Å². The van der Waals surface area contributed by atoms with Gasteiger partial charge in [-0.25, -0.2) is 8.42 Å². The van der Waals surface area contributed by atoms with E-state index in [0.717, 1.165) is 18.9 Å². The van der Waals surface area contributed by atoms with Crippen molar-refractivity contribution in [3.05, 3.63) is 29.3 Å². The summed E-state index contributed by atoms with van der Waals surface area (Å²) in [6.07, 6.45) is -1.58. The quantitative estimate of drug-likeness (QED) is 0.620. The minimum atomic E-state index is -4.53. The second-order valence-electron chi connectivity index (χ2n) is 8.76. The normalized spacial score (nSPS) is 19.2. The van der Waals surface area contributed by atoms with Gasteiger partial charge in [-0.05, 0) is 25.8 Å². The van der Waals surface area contributed by atoms with E-state index in [1.165, 1.54) is 19.9 Å². The van der Waals surface area contributed by atoms with Crippen molar-refractivity contribution in [3.63, 3.8) is 0 Å². The van der Waals surface area contributed by atoms with E-state index in [0.29, 0.717) is 11.4 Å². The van der Waals surface area contributed by atoms with Crippen LogP contribution in [0.25, 0.3) is 0 Å². The van der Waals surface area contributed by atoms with E-state index in [1.807, 2.05) is 0 Å². The van der Waals surface area contributed by atoms with Crippen LogP contribution in [0.1, 0.15) is 42.8 Å². The van der Waals surface area contributed by atoms with Crippen LogP contribution in [-0.2, 0) is 34.6 Å². The standard InChI is InChI=1S/C20H27F3N6O3S/c1-13(12-29-16(15-4-5-15)10-18(25-29)20(21,22)23)19(30)27-6-8-28(9-7-27)33(31,32)17-11-24-26(3)14(17)2/h10-11,13,15H,4-9,12H2,1-3H3. The minimum Gasteiger partial charge on any atom is -0.340 e. The molecule has 2 aliphatic rings. The first-order valence-corrected chi connectivity index (χ1v) is 12.3. The van der Waals surface area contributed by atoms with Crippen molar-refractivity contribution < 1.29 is 26.4 Å². The van der Waals surface area contributed by atoms with Gasteiger partial charge in [0.15, 0.2) is 5.69 Å². The van der Waals surface area contributed by atoms with Crippen molar-refractivity contribution in [1.82, 2.24) is 28.8 Å². The van der Waals surface area contributed by atoms with E-state index in [9.17, 15) is 26.4 Å². The second-order valence-corrected chi connectivity index (χ2v) is 10.7. The fraction of sp³-hybridized carbons (Fsp3) is 0.650. The Morgan fingerprint density at radius 3 is 2.36 bits per heavy atom. The number of rotatable bonds is 6. The zero-order valence-electron chi connectivity index (χ0n) is 18.7. The lowest BCUT2D eigenvalue weighted by Gasteiger charge is -2.35. The predicted octanol–water partition coefficient (Wildman–Crippen LogP) is 1.99. The van der Waals surface area contributed by atoms with E-state index < -0.39 is 27.8 Å². The van der Waals surface area contributed by atoms with Gasteiger partial charge in [0.25, 0.3) is 0 Å². The van der Waals surface area contributed by atoms with Gasteiger partial charge < -0.3 is 4.90 Å². The zero-order chi connectivity index (χ0) is 24.1. The molecule has 1 saturated heterocycles. The maximum absolute atomic E-state index is 13.1. The number of aryl methyl sites for hydroxylation is 1. The highest BCUT2D eigenvalue weighted by atomic mass is 32.2. The number of amides is 1. The number of hydrogen-bond donors (Lipinski definition) is 0. The summed E-state index contributed by atoms with van der Waals surface area (Å²) in [6.45, 7) is 4.10. The Labute approximate surface area is 190 Å². The molecule has 1 aliphatic carbocycles. The molecule has 1 atom stereocenters. The highest BCUT2D eigenvalue weighted by Gasteiger charge is 2.39. The minimum absolute atomic E-state index is 0.0497. The van der Waals surface area contributed by atoms with Gasteiger partial charge in [0.1, 0.15) is 4.90 Å². The maximum Gasteiger partial charge on any atom is 0.435 e. The number of sulfonamides is 1. The average molecular weight is 489 g/mol. The monoisotopic (exact) mass is 488 g/mol. The number of halogens is 3. The predicted molar refractivity (Wildman–Crippen MR) is 112 cm³/mol. The Kier molecular flexibility index (Phi) is 6.06. The Balaban J connectivity index is 1.40. The van der Waals surface area contributed by atoms with Crippen LogP contribution in [0.15, 0.2) is 17.2 Å². The summed E-state index contributed by atoms with van der Waals surface area (Å²) in [7, 11) is -2.05. The Hall–Kier alpha value is -2.41. The molecule has 1 aliphatic heterocycles. The molecule has 1 amide bonds. The molecule has 33 heavy (non-hydrogen) atoms. The summed E-state index contributed by atoms with van der Waals surface area (Å²) < 4.78 is 69.4. The lowest BCUT2D eigenvalue weighted by molar-refractivity contribution is -0.141. The number of carbonyl (C=O) groups excluding carboxylic acids is 1. The van der Waals surface area contributed by atoms with Crippen LogP contribution in [0, 0.1) is 12.8 Å². The van der Waals surface area contributed by atoms with Crippen LogP contribution in [0.3, 0.4) is 0 Å². The molecule has 3 heterocycles. The maximum atomic E-state index is 13.1. The molecule has 2 fully saturated rings. The molecule has 2 aromatic heterocycles. The average Bonchev–Trinajstić information content (AvgIpc) is 3.42. The lowest BCUT2D eigenvalue weighted by atomic mass is 10.1. The molecule has 0 N–H and O–H groups in total. The second kappa shape index (κ2) is 8.42. The van der Waals surface area contributed by atoms with E-state index in [4.69, 9.17) is 0 Å². The SMILES string of the molecule is Cc1c(S(=O)(=O)N2CCN(C(=O)C(C)Cn3nc(C(F)(F)F)cc3C3CC3)CC2)cnn1C. The summed E-state index contributed by atoms with van der Waals surface area (Å²) in [5, 5.41) is 7.72. The summed E-state index contributed by atoms with van der Waals surface area (Å²) in [5.41, 5.74) is 0.115. The number of hydrogen-bond acceptors (Lipinski definition) is 5. The van der Waals surface area contributed by atoms with Gasteiger partial charge in [0, 0.05) is 44.8 Å². The Morgan fingerprint density at radius 1 is 1.21 bits per heavy atom. The van der Waals surface area contributed by atoms with Crippen LogP contribution >= 0.6 is 0 Å². The highest BCUT2D eigenvalue weighted by molar-refractivity contribution is 7.89. The van der Waals surface area contributed by atoms with Gasteiger partial charge in [-0.2, -0.15) is 27.7 Å². The summed E-state index contributed by atoms with van der Waals surface area (Å²) in [4.78, 5) is 14.7. The lowest BCUT2D eigenvalue weighted by Crippen LogP contribution is -2.52. The van der Waals surface area contributed by atoms with Crippen LogP contribution < -0.4 is 0 Å². The van der Waals surface area contributed by atoms with E-state index in [-0.39, 0.29) is 49.4 Å². The van der Waals surface area contributed by atoms with Crippen molar-refractivity contribution in [2.75, 3.05) is 26.2 Å². The van der Waals surface area contributed by atoms with Gasteiger partial charge in [0.05, 0.1) is 24.4 Å². The van der Waals surface area contributed by atoms with Crippen LogP contribution in [0.4, 0.5) is 13.2 Å². The van der Waals surface area contributed by atoms with Crippen molar-refractivity contribution in [2.24, 2.45) is 13.0 Å². The molecule has 0 radical (unpaired) electrons. The van der Waals surface area contributed by atoms with Gasteiger partial charge in [0.2, 0.25) is 15.9 Å². The van der Waals surface area contributed by atoms with Crippen molar-refractivity contribution in [2.45, 2.75) is 50.2 Å². The third-order valence-electron chi connectivity index (χ3n) is 6.32. The van der Waals surface area contributed by atoms with E-state index >= 15 is 0 Å². The van der Waals surface area contributed by atoms with E-state index in [2.05, 4.69) is 10.2 Å². The Morgan fingerprint density at radius 2 is 1.85 bits per heavy atom. The fourth-order valence-corrected chi connectivity index (χ4v) is 5.70. The first kappa shape index (κ1) is 23.7. The summed E-state index contributed by atoms with van der Waals surface area (Å²) >= 11 is 0. The molecule has 9 nitrogen and oxygen atoms in total. The van der Waals surface area contributed by atoms with Crippen molar-refractivity contribution in [3.8, 4) is 0 Å². The van der Waals surface area contributed by atoms with Crippen LogP contribution in [0.5, 0.6) is 0 Å². The molecule has 2 aromatic rings. The molecule has 0 aromatic carbocycles. The topological polar surface area (TPSA) is 93.3 Å². The molecule has 182 valence electrons.